The first-order chi connectivity index (χ1) is 8.11. The summed E-state index contributed by atoms with van der Waals surface area (Å²) in [5.41, 5.74) is 5.39. The van der Waals surface area contributed by atoms with E-state index in [-0.39, 0.29) is 17.4 Å². The van der Waals surface area contributed by atoms with Crippen molar-refractivity contribution in [1.82, 2.24) is 5.32 Å². The van der Waals surface area contributed by atoms with Crippen LogP contribution in [0.15, 0.2) is 0 Å². The Morgan fingerprint density at radius 1 is 1.41 bits per heavy atom. The van der Waals surface area contributed by atoms with Crippen LogP contribution >= 0.6 is 0 Å². The predicted molar refractivity (Wildman–Crippen MR) is 68.6 cm³/mol. The van der Waals surface area contributed by atoms with Crippen molar-refractivity contribution in [2.75, 3.05) is 13.7 Å². The highest BCUT2D eigenvalue weighted by molar-refractivity contribution is 5.83. The van der Waals surface area contributed by atoms with Crippen LogP contribution in [0, 0.1) is 5.41 Å². The molecule has 2 unspecified atom stereocenters. The third kappa shape index (κ3) is 3.19. The molecule has 0 bridgehead atoms. The summed E-state index contributed by atoms with van der Waals surface area (Å²) in [6.45, 7) is 4.48. The molecule has 0 spiro atoms. The van der Waals surface area contributed by atoms with Gasteiger partial charge in [-0.15, -0.1) is 0 Å². The summed E-state index contributed by atoms with van der Waals surface area (Å²) in [5, 5.41) is 3.14. The highest BCUT2D eigenvalue weighted by atomic mass is 16.5. The van der Waals surface area contributed by atoms with Crippen LogP contribution in [0.3, 0.4) is 0 Å². The topological polar surface area (TPSA) is 64.4 Å². The van der Waals surface area contributed by atoms with E-state index in [9.17, 15) is 4.79 Å². The molecule has 3 N–H and O–H groups in total. The molecule has 1 fully saturated rings. The monoisotopic (exact) mass is 242 g/mol. The van der Waals surface area contributed by atoms with E-state index in [0.717, 1.165) is 32.1 Å². The van der Waals surface area contributed by atoms with Crippen molar-refractivity contribution < 1.29 is 9.53 Å². The fourth-order valence-electron chi connectivity index (χ4n) is 2.58. The average molecular weight is 242 g/mol. The van der Waals surface area contributed by atoms with E-state index in [1.807, 2.05) is 13.8 Å². The summed E-state index contributed by atoms with van der Waals surface area (Å²) in [6.07, 6.45) is 4.87. The molecule has 0 aromatic carbocycles. The lowest BCUT2D eigenvalue weighted by atomic mass is 9.81. The van der Waals surface area contributed by atoms with Crippen LogP contribution in [0.25, 0.3) is 0 Å². The quantitative estimate of drug-likeness (QED) is 0.740. The molecule has 17 heavy (non-hydrogen) atoms. The number of nitrogens with two attached hydrogens (primary N) is 1. The van der Waals surface area contributed by atoms with Crippen LogP contribution < -0.4 is 11.1 Å². The molecule has 0 heterocycles. The first-order valence-electron chi connectivity index (χ1n) is 6.65. The summed E-state index contributed by atoms with van der Waals surface area (Å²) >= 11 is 0. The summed E-state index contributed by atoms with van der Waals surface area (Å²) in [4.78, 5) is 12.3. The number of ether oxygens (including phenoxy) is 1. The van der Waals surface area contributed by atoms with Crippen LogP contribution in [0.4, 0.5) is 0 Å². The lowest BCUT2D eigenvalue weighted by Gasteiger charge is -2.30. The SMILES string of the molecule is CCC(CC)(CN)C(=O)NC1CCC(OC)C1. The molecule has 4 heteroatoms. The van der Waals surface area contributed by atoms with Gasteiger partial charge in [0.05, 0.1) is 11.5 Å². The Labute approximate surface area is 104 Å². The van der Waals surface area contributed by atoms with Crippen molar-refractivity contribution in [2.24, 2.45) is 11.1 Å². The Morgan fingerprint density at radius 3 is 2.47 bits per heavy atom. The first kappa shape index (κ1) is 14.5. The number of rotatable bonds is 6. The fourth-order valence-corrected chi connectivity index (χ4v) is 2.58. The predicted octanol–water partition coefficient (Wildman–Crippen LogP) is 1.44. The van der Waals surface area contributed by atoms with Crippen molar-refractivity contribution in [3.05, 3.63) is 0 Å². The summed E-state index contributed by atoms with van der Waals surface area (Å²) in [5.74, 6) is 0.117. The van der Waals surface area contributed by atoms with E-state index in [0.29, 0.717) is 12.6 Å². The number of carbonyl (C=O) groups excluding carboxylic acids is 1. The number of hydrogen-bond acceptors (Lipinski definition) is 3. The molecule has 0 aromatic rings. The van der Waals surface area contributed by atoms with E-state index in [1.165, 1.54) is 0 Å². The Kier molecular flexibility index (Phi) is 5.40. The van der Waals surface area contributed by atoms with E-state index >= 15 is 0 Å². The number of hydrogen-bond donors (Lipinski definition) is 2. The van der Waals surface area contributed by atoms with E-state index in [4.69, 9.17) is 10.5 Å². The normalized spacial score (nSPS) is 24.9. The number of carbonyl (C=O) groups is 1. The molecular formula is C13H26N2O2. The minimum absolute atomic E-state index is 0.117. The first-order valence-corrected chi connectivity index (χ1v) is 6.65. The van der Waals surface area contributed by atoms with E-state index in [1.54, 1.807) is 7.11 Å². The Morgan fingerprint density at radius 2 is 2.06 bits per heavy atom. The van der Waals surface area contributed by atoms with Crippen molar-refractivity contribution >= 4 is 5.91 Å². The van der Waals surface area contributed by atoms with Gasteiger partial charge in [-0.2, -0.15) is 0 Å². The largest absolute Gasteiger partial charge is 0.381 e. The number of methoxy groups -OCH3 is 1. The molecule has 0 aliphatic heterocycles. The maximum absolute atomic E-state index is 12.3. The molecule has 1 aliphatic carbocycles. The van der Waals surface area contributed by atoms with Gasteiger partial charge in [0.2, 0.25) is 5.91 Å². The zero-order valence-corrected chi connectivity index (χ0v) is 11.3. The van der Waals surface area contributed by atoms with E-state index < -0.39 is 0 Å². The standard InChI is InChI=1S/C13H26N2O2/c1-4-13(5-2,9-14)12(16)15-10-6-7-11(8-10)17-3/h10-11H,4-9,14H2,1-3H3,(H,15,16). The molecule has 2 atom stereocenters. The summed E-state index contributed by atoms with van der Waals surface area (Å²) in [6, 6.07) is 0.261. The van der Waals surface area contributed by atoms with Crippen LogP contribution in [0.5, 0.6) is 0 Å². The minimum atomic E-state index is -0.384. The molecule has 1 aliphatic rings. The second-order valence-electron chi connectivity index (χ2n) is 5.03. The van der Waals surface area contributed by atoms with Gasteiger partial charge in [0.1, 0.15) is 0 Å². The van der Waals surface area contributed by atoms with Gasteiger partial charge in [0, 0.05) is 19.7 Å². The number of nitrogens with one attached hydrogen (secondary N) is 1. The molecule has 1 amide bonds. The van der Waals surface area contributed by atoms with Gasteiger partial charge in [-0.1, -0.05) is 13.8 Å². The maximum Gasteiger partial charge on any atom is 0.227 e. The minimum Gasteiger partial charge on any atom is -0.381 e. The van der Waals surface area contributed by atoms with Crippen LogP contribution in [0.2, 0.25) is 0 Å². The van der Waals surface area contributed by atoms with Gasteiger partial charge >= 0.3 is 0 Å². The summed E-state index contributed by atoms with van der Waals surface area (Å²) in [7, 11) is 1.73. The van der Waals surface area contributed by atoms with Gasteiger partial charge in [0.15, 0.2) is 0 Å². The van der Waals surface area contributed by atoms with Crippen molar-refractivity contribution in [2.45, 2.75) is 58.1 Å². The molecule has 1 rings (SSSR count). The lowest BCUT2D eigenvalue weighted by Crippen LogP contribution is -2.48. The second-order valence-corrected chi connectivity index (χ2v) is 5.03. The zero-order valence-electron chi connectivity index (χ0n) is 11.3. The van der Waals surface area contributed by atoms with Gasteiger partial charge < -0.3 is 15.8 Å². The molecule has 0 saturated heterocycles. The molecule has 1 saturated carbocycles. The van der Waals surface area contributed by atoms with Crippen LogP contribution in [-0.4, -0.2) is 31.7 Å². The third-order valence-corrected chi connectivity index (χ3v) is 4.28. The second kappa shape index (κ2) is 6.36. The molecule has 0 radical (unpaired) electrons. The molecule has 0 aromatic heterocycles. The summed E-state index contributed by atoms with van der Waals surface area (Å²) < 4.78 is 5.31. The highest BCUT2D eigenvalue weighted by Crippen LogP contribution is 2.27. The lowest BCUT2D eigenvalue weighted by molar-refractivity contribution is -0.131. The van der Waals surface area contributed by atoms with E-state index in [2.05, 4.69) is 5.32 Å². The fraction of sp³-hybridized carbons (Fsp3) is 0.923. The third-order valence-electron chi connectivity index (χ3n) is 4.28. The Bertz CT molecular complexity index is 244. The average Bonchev–Trinajstić information content (AvgIpc) is 2.80. The van der Waals surface area contributed by atoms with Crippen molar-refractivity contribution in [3.63, 3.8) is 0 Å². The number of amides is 1. The van der Waals surface area contributed by atoms with Gasteiger partial charge in [-0.05, 0) is 32.1 Å². The molecule has 4 nitrogen and oxygen atoms in total. The Hall–Kier alpha value is -0.610. The van der Waals surface area contributed by atoms with Crippen LogP contribution in [-0.2, 0) is 9.53 Å². The van der Waals surface area contributed by atoms with Crippen molar-refractivity contribution in [3.8, 4) is 0 Å². The van der Waals surface area contributed by atoms with Gasteiger partial charge in [0.25, 0.3) is 0 Å². The smallest absolute Gasteiger partial charge is 0.227 e. The highest BCUT2D eigenvalue weighted by Gasteiger charge is 2.36. The van der Waals surface area contributed by atoms with Gasteiger partial charge in [-0.25, -0.2) is 0 Å². The Balaban J connectivity index is 2.53. The van der Waals surface area contributed by atoms with Crippen molar-refractivity contribution in [1.29, 1.82) is 0 Å². The maximum atomic E-state index is 12.3. The van der Waals surface area contributed by atoms with Gasteiger partial charge in [-0.3, -0.25) is 4.79 Å². The molecule has 100 valence electrons. The van der Waals surface area contributed by atoms with Crippen LogP contribution in [0.1, 0.15) is 46.0 Å². The molecular weight excluding hydrogens is 216 g/mol. The zero-order chi connectivity index (χ0) is 12.9.